The third-order valence-electron chi connectivity index (χ3n) is 4.69. The molecule has 2 heterocycles. The highest BCUT2D eigenvalue weighted by Gasteiger charge is 2.46. The zero-order valence-corrected chi connectivity index (χ0v) is 11.3. The number of hydrogen-bond acceptors (Lipinski definition) is 5. The van der Waals surface area contributed by atoms with E-state index in [2.05, 4.69) is 10.3 Å². The Morgan fingerprint density at radius 1 is 1.26 bits per heavy atom. The van der Waals surface area contributed by atoms with Crippen LogP contribution in [0.2, 0.25) is 0 Å². The molecule has 1 aromatic heterocycles. The van der Waals surface area contributed by atoms with Crippen LogP contribution < -0.4 is 11.3 Å². The van der Waals surface area contributed by atoms with Crippen molar-refractivity contribution in [3.63, 3.8) is 0 Å². The van der Waals surface area contributed by atoms with E-state index in [1.54, 1.807) is 6.26 Å². The summed E-state index contributed by atoms with van der Waals surface area (Å²) in [6, 6.07) is 2.15. The number of furan rings is 1. The molecule has 0 bridgehead atoms. The van der Waals surface area contributed by atoms with Gasteiger partial charge >= 0.3 is 0 Å². The van der Waals surface area contributed by atoms with Crippen molar-refractivity contribution in [2.24, 2.45) is 5.84 Å². The van der Waals surface area contributed by atoms with Crippen molar-refractivity contribution in [1.29, 1.82) is 0 Å². The first-order valence-corrected chi connectivity index (χ1v) is 7.18. The Bertz CT molecular complexity index is 381. The first kappa shape index (κ1) is 13.1. The minimum Gasteiger partial charge on any atom is -0.472 e. The molecule has 0 amide bonds. The van der Waals surface area contributed by atoms with E-state index in [1.807, 2.05) is 12.3 Å². The summed E-state index contributed by atoms with van der Waals surface area (Å²) in [5.41, 5.74) is 4.30. The van der Waals surface area contributed by atoms with Gasteiger partial charge in [0.1, 0.15) is 0 Å². The van der Waals surface area contributed by atoms with Crippen molar-refractivity contribution in [2.45, 2.75) is 37.3 Å². The minimum atomic E-state index is 0.113. The maximum Gasteiger partial charge on any atom is 0.0951 e. The van der Waals surface area contributed by atoms with Crippen molar-refractivity contribution in [2.75, 3.05) is 26.3 Å². The van der Waals surface area contributed by atoms with Crippen LogP contribution in [0.1, 0.15) is 37.3 Å². The lowest BCUT2D eigenvalue weighted by atomic mass is 9.83. The van der Waals surface area contributed by atoms with Crippen LogP contribution >= 0.6 is 0 Å². The van der Waals surface area contributed by atoms with E-state index in [0.717, 1.165) is 31.9 Å². The molecule has 1 saturated heterocycles. The highest BCUT2D eigenvalue weighted by Crippen LogP contribution is 2.44. The third kappa shape index (κ3) is 2.31. The van der Waals surface area contributed by atoms with Crippen LogP contribution in [0.3, 0.4) is 0 Å². The van der Waals surface area contributed by atoms with Crippen LogP contribution in [0.15, 0.2) is 23.0 Å². The summed E-state index contributed by atoms with van der Waals surface area (Å²) in [7, 11) is 0. The van der Waals surface area contributed by atoms with Crippen molar-refractivity contribution in [3.05, 3.63) is 24.2 Å². The Morgan fingerprint density at radius 2 is 2.00 bits per heavy atom. The largest absolute Gasteiger partial charge is 0.472 e. The Morgan fingerprint density at radius 3 is 2.58 bits per heavy atom. The molecule has 1 aromatic rings. The maximum absolute atomic E-state index is 5.89. The Kier molecular flexibility index (Phi) is 3.88. The number of morpholine rings is 1. The summed E-state index contributed by atoms with van der Waals surface area (Å²) in [4.78, 5) is 2.57. The highest BCUT2D eigenvalue weighted by molar-refractivity contribution is 5.20. The lowest BCUT2D eigenvalue weighted by molar-refractivity contribution is -0.0365. The van der Waals surface area contributed by atoms with Gasteiger partial charge in [-0.1, -0.05) is 12.8 Å². The van der Waals surface area contributed by atoms with Crippen molar-refractivity contribution in [3.8, 4) is 0 Å². The smallest absolute Gasteiger partial charge is 0.0951 e. The summed E-state index contributed by atoms with van der Waals surface area (Å²) in [5, 5.41) is 0. The van der Waals surface area contributed by atoms with Crippen molar-refractivity contribution < 1.29 is 9.15 Å². The van der Waals surface area contributed by atoms with Gasteiger partial charge in [-0.15, -0.1) is 0 Å². The fourth-order valence-electron chi connectivity index (χ4n) is 3.78. The number of ether oxygens (including phenoxy) is 1. The zero-order chi connectivity index (χ0) is 13.1. The van der Waals surface area contributed by atoms with Gasteiger partial charge in [0.2, 0.25) is 0 Å². The molecule has 0 aromatic carbocycles. The van der Waals surface area contributed by atoms with E-state index in [-0.39, 0.29) is 11.6 Å². The van der Waals surface area contributed by atoms with Crippen LogP contribution in [-0.4, -0.2) is 36.7 Å². The molecule has 3 N–H and O–H groups in total. The SMILES string of the molecule is NNC(c1ccoc1)C1(N2CCOCC2)CCCC1. The topological polar surface area (TPSA) is 63.7 Å². The monoisotopic (exact) mass is 265 g/mol. The second-order valence-electron chi connectivity index (χ2n) is 5.57. The summed E-state index contributed by atoms with van der Waals surface area (Å²) in [6.07, 6.45) is 8.45. The van der Waals surface area contributed by atoms with Gasteiger partial charge in [0.25, 0.3) is 0 Å². The van der Waals surface area contributed by atoms with E-state index in [0.29, 0.717) is 0 Å². The van der Waals surface area contributed by atoms with Crippen LogP contribution in [0.25, 0.3) is 0 Å². The van der Waals surface area contributed by atoms with Gasteiger partial charge in [0, 0.05) is 24.2 Å². The second kappa shape index (κ2) is 5.63. The average Bonchev–Trinajstić information content (AvgIpc) is 3.13. The molecule has 19 heavy (non-hydrogen) atoms. The molecule has 0 spiro atoms. The summed E-state index contributed by atoms with van der Waals surface area (Å²) in [5.74, 6) is 5.89. The number of nitrogens with one attached hydrogen (secondary N) is 1. The molecule has 3 rings (SSSR count). The number of nitrogens with zero attached hydrogens (tertiary/aromatic N) is 1. The van der Waals surface area contributed by atoms with Gasteiger partial charge in [0.05, 0.1) is 31.8 Å². The fraction of sp³-hybridized carbons (Fsp3) is 0.714. The lowest BCUT2D eigenvalue weighted by Crippen LogP contribution is -2.59. The third-order valence-corrected chi connectivity index (χ3v) is 4.69. The molecule has 1 aliphatic carbocycles. The van der Waals surface area contributed by atoms with Crippen LogP contribution in [0.5, 0.6) is 0 Å². The Balaban J connectivity index is 1.89. The average molecular weight is 265 g/mol. The van der Waals surface area contributed by atoms with E-state index < -0.39 is 0 Å². The molecule has 2 aliphatic rings. The van der Waals surface area contributed by atoms with Gasteiger partial charge in [-0.3, -0.25) is 16.2 Å². The molecule has 5 nitrogen and oxygen atoms in total. The van der Waals surface area contributed by atoms with E-state index >= 15 is 0 Å². The van der Waals surface area contributed by atoms with E-state index in [1.165, 1.54) is 25.7 Å². The molecule has 106 valence electrons. The van der Waals surface area contributed by atoms with Crippen LogP contribution in [-0.2, 0) is 4.74 Å². The van der Waals surface area contributed by atoms with Gasteiger partial charge in [0.15, 0.2) is 0 Å². The molecule has 2 fully saturated rings. The van der Waals surface area contributed by atoms with Gasteiger partial charge in [-0.2, -0.15) is 0 Å². The molecular weight excluding hydrogens is 242 g/mol. The second-order valence-corrected chi connectivity index (χ2v) is 5.57. The summed E-state index contributed by atoms with van der Waals surface area (Å²) >= 11 is 0. The number of hydrogen-bond donors (Lipinski definition) is 2. The molecule has 1 aliphatic heterocycles. The molecule has 1 saturated carbocycles. The number of hydrazine groups is 1. The normalized spacial score (nSPS) is 25.5. The zero-order valence-electron chi connectivity index (χ0n) is 11.3. The first-order valence-electron chi connectivity index (χ1n) is 7.18. The number of rotatable bonds is 4. The lowest BCUT2D eigenvalue weighted by Gasteiger charge is -2.47. The molecule has 0 radical (unpaired) electrons. The first-order chi connectivity index (χ1) is 9.37. The van der Waals surface area contributed by atoms with Crippen LogP contribution in [0.4, 0.5) is 0 Å². The molecule has 1 atom stereocenters. The minimum absolute atomic E-state index is 0.113. The van der Waals surface area contributed by atoms with E-state index in [4.69, 9.17) is 15.0 Å². The highest BCUT2D eigenvalue weighted by atomic mass is 16.5. The predicted octanol–water partition coefficient (Wildman–Crippen LogP) is 1.43. The quantitative estimate of drug-likeness (QED) is 0.637. The Labute approximate surface area is 114 Å². The number of nitrogens with two attached hydrogens (primary N) is 1. The molecule has 1 unspecified atom stereocenters. The fourth-order valence-corrected chi connectivity index (χ4v) is 3.78. The summed E-state index contributed by atoms with van der Waals surface area (Å²) in [6.45, 7) is 3.64. The van der Waals surface area contributed by atoms with Gasteiger partial charge in [-0.25, -0.2) is 0 Å². The molecular formula is C14H23N3O2. The van der Waals surface area contributed by atoms with Crippen LogP contribution in [0, 0.1) is 0 Å². The predicted molar refractivity (Wildman–Crippen MR) is 72.4 cm³/mol. The van der Waals surface area contributed by atoms with Crippen molar-refractivity contribution >= 4 is 0 Å². The summed E-state index contributed by atoms with van der Waals surface area (Å²) < 4.78 is 10.7. The Hall–Kier alpha value is -0.880. The maximum atomic E-state index is 5.89. The molecule has 5 heteroatoms. The van der Waals surface area contributed by atoms with Gasteiger partial charge in [-0.05, 0) is 18.9 Å². The van der Waals surface area contributed by atoms with Crippen molar-refractivity contribution in [1.82, 2.24) is 10.3 Å². The van der Waals surface area contributed by atoms with E-state index in [9.17, 15) is 0 Å². The standard InChI is InChI=1S/C14H23N3O2/c15-16-13(12-3-8-19-11-12)14(4-1-2-5-14)17-6-9-18-10-7-17/h3,8,11,13,16H,1-2,4-7,9-10,15H2. The van der Waals surface area contributed by atoms with Gasteiger partial charge < -0.3 is 9.15 Å².